The zero-order valence-electron chi connectivity index (χ0n) is 10.8. The summed E-state index contributed by atoms with van der Waals surface area (Å²) in [5.74, 6) is -0.741. The third-order valence-electron chi connectivity index (χ3n) is 2.50. The molecular formula is C12H8N4O5S. The first-order valence-electron chi connectivity index (χ1n) is 5.80. The molecule has 1 aromatic carbocycles. The second kappa shape index (κ2) is 6.54. The van der Waals surface area contributed by atoms with Crippen LogP contribution in [0.3, 0.4) is 0 Å². The SMILES string of the molecule is O=C(N/N=C\c1ccc([N+](=O)[O-])s1)c1ccccc1[N+](=O)[O-]. The van der Waals surface area contributed by atoms with Crippen LogP contribution in [-0.4, -0.2) is 22.0 Å². The molecule has 0 unspecified atom stereocenters. The van der Waals surface area contributed by atoms with Crippen molar-refractivity contribution in [1.82, 2.24) is 5.43 Å². The highest BCUT2D eigenvalue weighted by Gasteiger charge is 2.18. The van der Waals surface area contributed by atoms with Crippen LogP contribution in [0.15, 0.2) is 41.5 Å². The second-order valence-corrected chi connectivity index (χ2v) is 5.00. The number of nitrogens with one attached hydrogen (secondary N) is 1. The smallest absolute Gasteiger partial charge is 0.267 e. The molecule has 1 aromatic heterocycles. The van der Waals surface area contributed by atoms with Gasteiger partial charge in [-0.1, -0.05) is 23.5 Å². The van der Waals surface area contributed by atoms with Gasteiger partial charge in [0.1, 0.15) is 5.56 Å². The van der Waals surface area contributed by atoms with Gasteiger partial charge in [0.25, 0.3) is 11.6 Å². The lowest BCUT2D eigenvalue weighted by Crippen LogP contribution is -2.18. The van der Waals surface area contributed by atoms with E-state index >= 15 is 0 Å². The van der Waals surface area contributed by atoms with E-state index in [1.807, 2.05) is 0 Å². The van der Waals surface area contributed by atoms with Gasteiger partial charge in [-0.15, -0.1) is 0 Å². The number of nitro benzene ring substituents is 1. The first kappa shape index (κ1) is 15.3. The molecule has 0 atom stereocenters. The van der Waals surface area contributed by atoms with E-state index in [0.29, 0.717) is 4.88 Å². The Morgan fingerprint density at radius 3 is 2.50 bits per heavy atom. The monoisotopic (exact) mass is 320 g/mol. The second-order valence-electron chi connectivity index (χ2n) is 3.91. The van der Waals surface area contributed by atoms with Crippen molar-refractivity contribution in [3.05, 3.63) is 67.1 Å². The van der Waals surface area contributed by atoms with Gasteiger partial charge in [0.05, 0.1) is 20.9 Å². The molecule has 0 saturated carbocycles. The molecule has 0 aliphatic rings. The Morgan fingerprint density at radius 2 is 1.86 bits per heavy atom. The summed E-state index contributed by atoms with van der Waals surface area (Å²) in [6.45, 7) is 0. The van der Waals surface area contributed by atoms with Crippen molar-refractivity contribution in [2.24, 2.45) is 5.10 Å². The lowest BCUT2D eigenvalue weighted by molar-refractivity contribution is -0.385. The molecule has 112 valence electrons. The first-order valence-corrected chi connectivity index (χ1v) is 6.61. The predicted molar refractivity (Wildman–Crippen MR) is 79.1 cm³/mol. The number of thiophene rings is 1. The van der Waals surface area contributed by atoms with Gasteiger partial charge in [-0.3, -0.25) is 25.0 Å². The zero-order valence-corrected chi connectivity index (χ0v) is 11.6. The standard InChI is InChI=1S/C12H8N4O5S/c17-12(9-3-1-2-4-10(9)15(18)19)14-13-7-8-5-6-11(22-8)16(20)21/h1-7H,(H,14,17)/b13-7-. The molecule has 1 amide bonds. The Bertz CT molecular complexity index is 770. The van der Waals surface area contributed by atoms with Crippen LogP contribution < -0.4 is 5.43 Å². The number of nitro groups is 2. The van der Waals surface area contributed by atoms with Gasteiger partial charge in [0.2, 0.25) is 0 Å². The van der Waals surface area contributed by atoms with Gasteiger partial charge in [-0.2, -0.15) is 5.10 Å². The fraction of sp³-hybridized carbons (Fsp3) is 0. The summed E-state index contributed by atoms with van der Waals surface area (Å²) < 4.78 is 0. The van der Waals surface area contributed by atoms with E-state index in [1.165, 1.54) is 42.6 Å². The van der Waals surface area contributed by atoms with E-state index < -0.39 is 15.8 Å². The highest BCUT2D eigenvalue weighted by Crippen LogP contribution is 2.22. The number of nitrogens with zero attached hydrogens (tertiary/aromatic N) is 3. The fourth-order valence-electron chi connectivity index (χ4n) is 1.55. The van der Waals surface area contributed by atoms with Gasteiger partial charge in [-0.25, -0.2) is 5.43 Å². The lowest BCUT2D eigenvalue weighted by Gasteiger charge is -2.00. The van der Waals surface area contributed by atoms with Gasteiger partial charge < -0.3 is 0 Å². The minimum atomic E-state index is -0.741. The van der Waals surface area contributed by atoms with Crippen LogP contribution in [0.1, 0.15) is 15.2 Å². The van der Waals surface area contributed by atoms with E-state index in [1.54, 1.807) is 0 Å². The van der Waals surface area contributed by atoms with Gasteiger partial charge in [-0.05, 0) is 12.1 Å². The summed E-state index contributed by atoms with van der Waals surface area (Å²) in [7, 11) is 0. The Labute approximate surface area is 127 Å². The average Bonchev–Trinajstić information content (AvgIpc) is 2.96. The van der Waals surface area contributed by atoms with Crippen molar-refractivity contribution in [3.8, 4) is 0 Å². The maximum atomic E-state index is 11.8. The molecule has 10 heteroatoms. The Morgan fingerprint density at radius 1 is 1.14 bits per heavy atom. The van der Waals surface area contributed by atoms with Crippen LogP contribution in [0.5, 0.6) is 0 Å². The molecular weight excluding hydrogens is 312 g/mol. The summed E-state index contributed by atoms with van der Waals surface area (Å²) in [6.07, 6.45) is 1.23. The molecule has 1 heterocycles. The van der Waals surface area contributed by atoms with Gasteiger partial charge in [0, 0.05) is 12.1 Å². The summed E-state index contributed by atoms with van der Waals surface area (Å²) in [6, 6.07) is 8.25. The normalized spacial score (nSPS) is 10.5. The summed E-state index contributed by atoms with van der Waals surface area (Å²) >= 11 is 0.889. The van der Waals surface area contributed by atoms with Crippen molar-refractivity contribution in [2.45, 2.75) is 0 Å². The number of hydrogen-bond acceptors (Lipinski definition) is 7. The molecule has 0 fully saturated rings. The van der Waals surface area contributed by atoms with Crippen LogP contribution in [-0.2, 0) is 0 Å². The van der Waals surface area contributed by atoms with Crippen molar-refractivity contribution in [1.29, 1.82) is 0 Å². The van der Waals surface area contributed by atoms with Gasteiger partial charge >= 0.3 is 5.00 Å². The molecule has 2 rings (SSSR count). The molecule has 9 nitrogen and oxygen atoms in total. The summed E-state index contributed by atoms with van der Waals surface area (Å²) in [5.41, 5.74) is 1.69. The molecule has 1 N–H and O–H groups in total. The number of hydrogen-bond donors (Lipinski definition) is 1. The van der Waals surface area contributed by atoms with E-state index in [0.717, 1.165) is 11.3 Å². The molecule has 2 aromatic rings. The highest BCUT2D eigenvalue weighted by atomic mass is 32.1. The topological polar surface area (TPSA) is 128 Å². The minimum Gasteiger partial charge on any atom is -0.267 e. The predicted octanol–water partition coefficient (Wildman–Crippen LogP) is 2.33. The molecule has 0 saturated heterocycles. The number of benzene rings is 1. The quantitative estimate of drug-likeness (QED) is 0.513. The van der Waals surface area contributed by atoms with Crippen molar-refractivity contribution in [3.63, 3.8) is 0 Å². The highest BCUT2D eigenvalue weighted by molar-refractivity contribution is 7.16. The van der Waals surface area contributed by atoms with E-state index in [9.17, 15) is 25.0 Å². The van der Waals surface area contributed by atoms with Crippen LogP contribution in [0.4, 0.5) is 10.7 Å². The minimum absolute atomic E-state index is 0.0496. The van der Waals surface area contributed by atoms with Crippen LogP contribution >= 0.6 is 11.3 Å². The lowest BCUT2D eigenvalue weighted by atomic mass is 10.2. The van der Waals surface area contributed by atoms with Crippen molar-refractivity contribution < 1.29 is 14.6 Å². The maximum absolute atomic E-state index is 11.8. The average molecular weight is 320 g/mol. The van der Waals surface area contributed by atoms with Crippen molar-refractivity contribution >= 4 is 34.1 Å². The number of amides is 1. The molecule has 0 aliphatic heterocycles. The number of rotatable bonds is 5. The van der Waals surface area contributed by atoms with E-state index in [-0.39, 0.29) is 16.3 Å². The largest absolute Gasteiger partial charge is 0.324 e. The first-order chi connectivity index (χ1) is 10.5. The van der Waals surface area contributed by atoms with Crippen molar-refractivity contribution in [2.75, 3.05) is 0 Å². The summed E-state index contributed by atoms with van der Waals surface area (Å²) in [4.78, 5) is 32.4. The Hall–Kier alpha value is -3.14. The molecule has 0 radical (unpaired) electrons. The number of para-hydroxylation sites is 1. The third kappa shape index (κ3) is 3.49. The fourth-order valence-corrected chi connectivity index (χ4v) is 2.24. The Balaban J connectivity index is 2.08. The number of carbonyl (C=O) groups excluding carboxylic acids is 1. The van der Waals surface area contributed by atoms with E-state index in [4.69, 9.17) is 0 Å². The van der Waals surface area contributed by atoms with Crippen LogP contribution in [0, 0.1) is 20.2 Å². The van der Waals surface area contributed by atoms with E-state index in [2.05, 4.69) is 10.5 Å². The van der Waals surface area contributed by atoms with Crippen LogP contribution in [0.2, 0.25) is 0 Å². The number of hydrazone groups is 1. The van der Waals surface area contributed by atoms with Crippen LogP contribution in [0.25, 0.3) is 0 Å². The molecule has 22 heavy (non-hydrogen) atoms. The molecule has 0 aliphatic carbocycles. The molecule has 0 spiro atoms. The molecule has 0 bridgehead atoms. The third-order valence-corrected chi connectivity index (χ3v) is 3.47. The number of carbonyl (C=O) groups is 1. The summed E-state index contributed by atoms with van der Waals surface area (Å²) in [5, 5.41) is 24.9. The Kier molecular flexibility index (Phi) is 4.53. The maximum Gasteiger partial charge on any atom is 0.324 e. The van der Waals surface area contributed by atoms with Gasteiger partial charge in [0.15, 0.2) is 0 Å². The zero-order chi connectivity index (χ0) is 16.1.